The zero-order valence-corrected chi connectivity index (χ0v) is 13.4. The second-order valence-corrected chi connectivity index (χ2v) is 7.22. The maximum absolute atomic E-state index is 10.8. The lowest BCUT2D eigenvalue weighted by Gasteiger charge is -2.10. The summed E-state index contributed by atoms with van der Waals surface area (Å²) in [5, 5.41) is 12.2. The smallest absolute Gasteiger partial charge is 0.210 e. The zero-order valence-electron chi connectivity index (χ0n) is 11.7. The number of primary sulfonamides is 1. The third-order valence-electron chi connectivity index (χ3n) is 2.29. The molecule has 0 aliphatic rings. The molecule has 1 rings (SSSR count). The van der Waals surface area contributed by atoms with Gasteiger partial charge in [-0.25, -0.2) is 18.5 Å². The number of sulfonamides is 1. The van der Waals surface area contributed by atoms with Gasteiger partial charge in [0.05, 0.1) is 17.3 Å². The third-order valence-corrected chi connectivity index (χ3v) is 4.01. The molecule has 7 nitrogen and oxygen atoms in total. The summed E-state index contributed by atoms with van der Waals surface area (Å²) in [7, 11) is -3.47. The number of aromatic nitrogens is 1. The Labute approximate surface area is 123 Å². The lowest BCUT2D eigenvalue weighted by Crippen LogP contribution is -2.38. The summed E-state index contributed by atoms with van der Waals surface area (Å²) in [6.45, 7) is 5.50. The standard InChI is InChI=1S/C11H21N5O2S2/c1-3-13-11(15-6-7-20(12,17)18)14-5-4-10-16-8-9(2)19-10/h8H,3-7H2,1-2H3,(H2,12,17,18)(H2,13,14,15). The van der Waals surface area contributed by atoms with Crippen molar-refractivity contribution in [2.24, 2.45) is 10.1 Å². The van der Waals surface area contributed by atoms with Gasteiger partial charge in [-0.1, -0.05) is 0 Å². The topological polar surface area (TPSA) is 109 Å². The van der Waals surface area contributed by atoms with Crippen molar-refractivity contribution in [3.8, 4) is 0 Å². The number of nitrogens with two attached hydrogens (primary N) is 1. The minimum Gasteiger partial charge on any atom is -0.357 e. The van der Waals surface area contributed by atoms with Crippen LogP contribution >= 0.6 is 11.3 Å². The highest BCUT2D eigenvalue weighted by Crippen LogP contribution is 2.10. The molecule has 4 N–H and O–H groups in total. The molecule has 0 atom stereocenters. The van der Waals surface area contributed by atoms with Crippen molar-refractivity contribution in [3.05, 3.63) is 16.1 Å². The van der Waals surface area contributed by atoms with Crippen LogP contribution in [0.15, 0.2) is 11.2 Å². The molecule has 0 radical (unpaired) electrons. The fourth-order valence-corrected chi connectivity index (χ4v) is 2.56. The highest BCUT2D eigenvalue weighted by molar-refractivity contribution is 7.89. The lowest BCUT2D eigenvalue weighted by molar-refractivity contribution is 0.597. The number of aliphatic imine (C=N–C) groups is 1. The zero-order chi connectivity index (χ0) is 15.0. The summed E-state index contributed by atoms with van der Waals surface area (Å²) < 4.78 is 21.7. The van der Waals surface area contributed by atoms with E-state index in [2.05, 4.69) is 20.6 Å². The number of nitrogens with one attached hydrogen (secondary N) is 2. The van der Waals surface area contributed by atoms with Crippen LogP contribution in [0.2, 0.25) is 0 Å². The number of aryl methyl sites for hydroxylation is 1. The van der Waals surface area contributed by atoms with E-state index in [1.165, 1.54) is 4.88 Å². The van der Waals surface area contributed by atoms with Gasteiger partial charge in [-0.05, 0) is 13.8 Å². The summed E-state index contributed by atoms with van der Waals surface area (Å²) in [6, 6.07) is 0. The van der Waals surface area contributed by atoms with Crippen LogP contribution in [-0.2, 0) is 16.4 Å². The van der Waals surface area contributed by atoms with E-state index in [0.717, 1.165) is 11.4 Å². The molecule has 9 heteroatoms. The minimum atomic E-state index is -3.47. The molecule has 20 heavy (non-hydrogen) atoms. The van der Waals surface area contributed by atoms with Gasteiger partial charge in [-0.15, -0.1) is 11.3 Å². The van der Waals surface area contributed by atoms with Crippen molar-refractivity contribution >= 4 is 27.3 Å². The van der Waals surface area contributed by atoms with E-state index in [1.807, 2.05) is 20.0 Å². The number of guanidine groups is 1. The van der Waals surface area contributed by atoms with Crippen LogP contribution in [0, 0.1) is 6.92 Å². The quantitative estimate of drug-likeness (QED) is 0.478. The maximum atomic E-state index is 10.8. The van der Waals surface area contributed by atoms with Crippen molar-refractivity contribution in [2.75, 3.05) is 25.4 Å². The molecule has 0 saturated heterocycles. The Balaban J connectivity index is 2.40. The van der Waals surface area contributed by atoms with E-state index in [0.29, 0.717) is 19.0 Å². The molecule has 0 unspecified atom stereocenters. The summed E-state index contributed by atoms with van der Waals surface area (Å²) in [5.74, 6) is 0.430. The number of rotatable bonds is 7. The summed E-state index contributed by atoms with van der Waals surface area (Å²) in [6.07, 6.45) is 2.66. The van der Waals surface area contributed by atoms with Gasteiger partial charge in [0.2, 0.25) is 10.0 Å². The first-order valence-corrected chi connectivity index (χ1v) is 8.88. The van der Waals surface area contributed by atoms with Crippen LogP contribution in [0.5, 0.6) is 0 Å². The minimum absolute atomic E-state index is 0.143. The predicted octanol–water partition coefficient (Wildman–Crippen LogP) is -0.162. The molecule has 114 valence electrons. The predicted molar refractivity (Wildman–Crippen MR) is 82.5 cm³/mol. The van der Waals surface area contributed by atoms with Crippen molar-refractivity contribution in [2.45, 2.75) is 20.3 Å². The van der Waals surface area contributed by atoms with Gasteiger partial charge < -0.3 is 10.6 Å². The van der Waals surface area contributed by atoms with E-state index < -0.39 is 10.0 Å². The lowest BCUT2D eigenvalue weighted by atomic mass is 10.4. The molecule has 0 aromatic carbocycles. The Bertz CT molecular complexity index is 539. The van der Waals surface area contributed by atoms with Gasteiger partial charge in [0, 0.05) is 30.6 Å². The van der Waals surface area contributed by atoms with Gasteiger partial charge in [0.1, 0.15) is 0 Å². The first-order chi connectivity index (χ1) is 9.40. The summed E-state index contributed by atoms with van der Waals surface area (Å²) in [4.78, 5) is 9.62. The average molecular weight is 319 g/mol. The number of hydrogen-bond acceptors (Lipinski definition) is 5. The maximum Gasteiger partial charge on any atom is 0.210 e. The molecule has 0 amide bonds. The molecule has 1 aromatic rings. The Kier molecular flexibility index (Phi) is 6.89. The van der Waals surface area contributed by atoms with Crippen molar-refractivity contribution in [3.63, 3.8) is 0 Å². The van der Waals surface area contributed by atoms with Crippen LogP contribution in [0.3, 0.4) is 0 Å². The van der Waals surface area contributed by atoms with Crippen molar-refractivity contribution in [1.29, 1.82) is 0 Å². The molecule has 0 aliphatic heterocycles. The first kappa shape index (κ1) is 16.9. The monoisotopic (exact) mass is 319 g/mol. The fourth-order valence-electron chi connectivity index (χ4n) is 1.43. The van der Waals surface area contributed by atoms with Crippen LogP contribution in [0.4, 0.5) is 0 Å². The van der Waals surface area contributed by atoms with Gasteiger partial charge in [-0.2, -0.15) is 0 Å². The van der Waals surface area contributed by atoms with Gasteiger partial charge in [0.15, 0.2) is 5.96 Å². The van der Waals surface area contributed by atoms with E-state index in [4.69, 9.17) is 5.14 Å². The van der Waals surface area contributed by atoms with E-state index in [1.54, 1.807) is 11.3 Å². The first-order valence-electron chi connectivity index (χ1n) is 6.34. The van der Waals surface area contributed by atoms with Crippen molar-refractivity contribution < 1.29 is 8.42 Å². The Morgan fingerprint density at radius 3 is 2.80 bits per heavy atom. The molecule has 0 bridgehead atoms. The number of nitrogens with zero attached hydrogens (tertiary/aromatic N) is 2. The fraction of sp³-hybridized carbons (Fsp3) is 0.636. The largest absolute Gasteiger partial charge is 0.357 e. The third kappa shape index (κ3) is 7.41. The summed E-state index contributed by atoms with van der Waals surface area (Å²) >= 11 is 1.67. The molecule has 0 saturated carbocycles. The molecular weight excluding hydrogens is 298 g/mol. The molecule has 0 aliphatic carbocycles. The van der Waals surface area contributed by atoms with E-state index in [-0.39, 0.29) is 12.3 Å². The molecule has 0 spiro atoms. The van der Waals surface area contributed by atoms with Crippen LogP contribution in [-0.4, -0.2) is 44.7 Å². The highest BCUT2D eigenvalue weighted by Gasteiger charge is 2.03. The van der Waals surface area contributed by atoms with Gasteiger partial charge in [-0.3, -0.25) is 4.99 Å². The Morgan fingerprint density at radius 1 is 1.50 bits per heavy atom. The Hall–Kier alpha value is -1.19. The highest BCUT2D eigenvalue weighted by atomic mass is 32.2. The number of thiazole rings is 1. The second-order valence-electron chi connectivity index (χ2n) is 4.17. The average Bonchev–Trinajstić information content (AvgIpc) is 2.73. The summed E-state index contributed by atoms with van der Waals surface area (Å²) in [5.41, 5.74) is 0. The van der Waals surface area contributed by atoms with E-state index >= 15 is 0 Å². The molecule has 0 fully saturated rings. The number of hydrogen-bond donors (Lipinski definition) is 3. The SMILES string of the molecule is CCNC(=NCCS(N)(=O)=O)NCCc1ncc(C)s1. The normalized spacial score (nSPS) is 12.4. The van der Waals surface area contributed by atoms with Crippen molar-refractivity contribution in [1.82, 2.24) is 15.6 Å². The second kappa shape index (κ2) is 8.18. The Morgan fingerprint density at radius 2 is 2.25 bits per heavy atom. The van der Waals surface area contributed by atoms with E-state index in [9.17, 15) is 8.42 Å². The van der Waals surface area contributed by atoms with Gasteiger partial charge >= 0.3 is 0 Å². The van der Waals surface area contributed by atoms with Crippen LogP contribution < -0.4 is 15.8 Å². The van der Waals surface area contributed by atoms with Crippen LogP contribution in [0.1, 0.15) is 16.8 Å². The molecule has 1 heterocycles. The molecule has 1 aromatic heterocycles. The van der Waals surface area contributed by atoms with Gasteiger partial charge in [0.25, 0.3) is 0 Å². The molecular formula is C11H21N5O2S2. The van der Waals surface area contributed by atoms with Crippen LogP contribution in [0.25, 0.3) is 0 Å².